The smallest absolute Gasteiger partial charge is 0.221 e. The standard InChI is InChI=1S/C15H23N3O/c1-13-2-4-14(5-3-13)12-17-15(19)6-9-18-10-7-16-8-11-18/h2-5,16H,6-12H2,1H3,(H,17,19). The fourth-order valence-corrected chi connectivity index (χ4v) is 2.19. The Morgan fingerprint density at radius 2 is 1.95 bits per heavy atom. The summed E-state index contributed by atoms with van der Waals surface area (Å²) in [6, 6.07) is 8.27. The van der Waals surface area contributed by atoms with Crippen LogP contribution in [0.4, 0.5) is 0 Å². The highest BCUT2D eigenvalue weighted by Gasteiger charge is 2.10. The SMILES string of the molecule is Cc1ccc(CNC(=O)CCN2CCNCC2)cc1. The Bertz CT molecular complexity index is 396. The molecule has 1 aromatic rings. The third-order valence-electron chi connectivity index (χ3n) is 3.47. The molecule has 104 valence electrons. The number of benzene rings is 1. The molecule has 0 saturated carbocycles. The van der Waals surface area contributed by atoms with Gasteiger partial charge in [0.15, 0.2) is 0 Å². The van der Waals surface area contributed by atoms with E-state index in [9.17, 15) is 4.79 Å². The second-order valence-electron chi connectivity index (χ2n) is 5.10. The summed E-state index contributed by atoms with van der Waals surface area (Å²) in [6.45, 7) is 7.71. The second-order valence-corrected chi connectivity index (χ2v) is 5.10. The van der Waals surface area contributed by atoms with E-state index in [1.807, 2.05) is 0 Å². The number of nitrogens with one attached hydrogen (secondary N) is 2. The van der Waals surface area contributed by atoms with E-state index >= 15 is 0 Å². The van der Waals surface area contributed by atoms with Crippen LogP contribution in [0.3, 0.4) is 0 Å². The summed E-state index contributed by atoms with van der Waals surface area (Å²) in [4.78, 5) is 14.1. The van der Waals surface area contributed by atoms with Crippen LogP contribution in [0.5, 0.6) is 0 Å². The normalized spacial score (nSPS) is 16.3. The minimum atomic E-state index is 0.138. The van der Waals surface area contributed by atoms with Crippen molar-refractivity contribution in [2.24, 2.45) is 0 Å². The maximum Gasteiger partial charge on any atom is 0.221 e. The van der Waals surface area contributed by atoms with Gasteiger partial charge in [-0.05, 0) is 12.5 Å². The topological polar surface area (TPSA) is 44.4 Å². The number of aryl methyl sites for hydroxylation is 1. The van der Waals surface area contributed by atoms with Gasteiger partial charge in [-0.1, -0.05) is 29.8 Å². The predicted molar refractivity (Wildman–Crippen MR) is 77.0 cm³/mol. The van der Waals surface area contributed by atoms with Crippen molar-refractivity contribution < 1.29 is 4.79 Å². The zero-order chi connectivity index (χ0) is 13.5. The van der Waals surface area contributed by atoms with Gasteiger partial charge in [-0.3, -0.25) is 4.79 Å². The van der Waals surface area contributed by atoms with Crippen LogP contribution in [0.25, 0.3) is 0 Å². The summed E-state index contributed by atoms with van der Waals surface area (Å²) in [7, 11) is 0. The average molecular weight is 261 g/mol. The Hall–Kier alpha value is -1.39. The van der Waals surface area contributed by atoms with Gasteiger partial charge >= 0.3 is 0 Å². The van der Waals surface area contributed by atoms with Crippen molar-refractivity contribution in [2.75, 3.05) is 32.7 Å². The molecule has 2 rings (SSSR count). The lowest BCUT2D eigenvalue weighted by atomic mass is 10.1. The van der Waals surface area contributed by atoms with Gasteiger partial charge in [-0.25, -0.2) is 0 Å². The maximum absolute atomic E-state index is 11.8. The largest absolute Gasteiger partial charge is 0.352 e. The molecule has 4 heteroatoms. The van der Waals surface area contributed by atoms with Gasteiger partial charge in [-0.15, -0.1) is 0 Å². The van der Waals surface area contributed by atoms with Crippen LogP contribution in [-0.4, -0.2) is 43.5 Å². The molecular formula is C15H23N3O. The molecule has 0 aromatic heterocycles. The van der Waals surface area contributed by atoms with Crippen LogP contribution < -0.4 is 10.6 Å². The lowest BCUT2D eigenvalue weighted by Gasteiger charge is -2.26. The summed E-state index contributed by atoms with van der Waals surface area (Å²) in [5.41, 5.74) is 2.40. The van der Waals surface area contributed by atoms with Crippen LogP contribution >= 0.6 is 0 Å². The second kappa shape index (κ2) is 7.26. The first-order chi connectivity index (χ1) is 9.24. The third-order valence-corrected chi connectivity index (χ3v) is 3.47. The summed E-state index contributed by atoms with van der Waals surface area (Å²) >= 11 is 0. The molecule has 2 N–H and O–H groups in total. The van der Waals surface area contributed by atoms with E-state index in [2.05, 4.69) is 46.7 Å². The van der Waals surface area contributed by atoms with Gasteiger partial charge in [-0.2, -0.15) is 0 Å². The lowest BCUT2D eigenvalue weighted by Crippen LogP contribution is -2.44. The number of rotatable bonds is 5. The van der Waals surface area contributed by atoms with Gasteiger partial charge in [0.1, 0.15) is 0 Å². The van der Waals surface area contributed by atoms with Crippen LogP contribution in [0.1, 0.15) is 17.5 Å². The molecule has 1 heterocycles. The van der Waals surface area contributed by atoms with Gasteiger partial charge in [0.2, 0.25) is 5.91 Å². The molecule has 1 amide bonds. The minimum Gasteiger partial charge on any atom is -0.352 e. The number of carbonyl (C=O) groups excluding carboxylic acids is 1. The van der Waals surface area contributed by atoms with E-state index in [4.69, 9.17) is 0 Å². The van der Waals surface area contributed by atoms with Crippen molar-refractivity contribution in [2.45, 2.75) is 19.9 Å². The Morgan fingerprint density at radius 1 is 1.26 bits per heavy atom. The van der Waals surface area contributed by atoms with Gasteiger partial charge in [0.05, 0.1) is 0 Å². The van der Waals surface area contributed by atoms with Crippen molar-refractivity contribution >= 4 is 5.91 Å². The van der Waals surface area contributed by atoms with E-state index in [0.717, 1.165) is 38.3 Å². The molecule has 1 aliphatic rings. The molecule has 1 fully saturated rings. The molecular weight excluding hydrogens is 238 g/mol. The number of amides is 1. The molecule has 0 bridgehead atoms. The fraction of sp³-hybridized carbons (Fsp3) is 0.533. The quantitative estimate of drug-likeness (QED) is 0.828. The van der Waals surface area contributed by atoms with E-state index in [0.29, 0.717) is 13.0 Å². The molecule has 0 spiro atoms. The molecule has 1 saturated heterocycles. The number of nitrogens with zero attached hydrogens (tertiary/aromatic N) is 1. The van der Waals surface area contributed by atoms with Crippen LogP contribution in [-0.2, 0) is 11.3 Å². The van der Waals surface area contributed by atoms with Crippen LogP contribution in [0.2, 0.25) is 0 Å². The first-order valence-electron chi connectivity index (χ1n) is 6.99. The summed E-state index contributed by atoms with van der Waals surface area (Å²) in [5, 5.41) is 6.29. The zero-order valence-electron chi connectivity index (χ0n) is 11.6. The molecule has 0 radical (unpaired) electrons. The third kappa shape index (κ3) is 5.01. The number of piperazine rings is 1. The van der Waals surface area contributed by atoms with Crippen molar-refractivity contribution in [3.05, 3.63) is 35.4 Å². The minimum absolute atomic E-state index is 0.138. The van der Waals surface area contributed by atoms with E-state index in [-0.39, 0.29) is 5.91 Å². The number of hydrogen-bond acceptors (Lipinski definition) is 3. The van der Waals surface area contributed by atoms with Crippen LogP contribution in [0.15, 0.2) is 24.3 Å². The highest BCUT2D eigenvalue weighted by atomic mass is 16.1. The molecule has 1 aliphatic heterocycles. The van der Waals surface area contributed by atoms with Crippen molar-refractivity contribution in [3.8, 4) is 0 Å². The number of carbonyl (C=O) groups is 1. The van der Waals surface area contributed by atoms with Crippen LogP contribution in [0, 0.1) is 6.92 Å². The first-order valence-corrected chi connectivity index (χ1v) is 6.99. The maximum atomic E-state index is 11.8. The fourth-order valence-electron chi connectivity index (χ4n) is 2.19. The van der Waals surface area contributed by atoms with Crippen molar-refractivity contribution in [1.82, 2.24) is 15.5 Å². The highest BCUT2D eigenvalue weighted by molar-refractivity contribution is 5.76. The Kier molecular flexibility index (Phi) is 5.36. The average Bonchev–Trinajstić information content (AvgIpc) is 2.45. The van der Waals surface area contributed by atoms with Crippen molar-refractivity contribution in [3.63, 3.8) is 0 Å². The highest BCUT2D eigenvalue weighted by Crippen LogP contribution is 2.02. The Labute approximate surface area is 115 Å². The monoisotopic (exact) mass is 261 g/mol. The summed E-state index contributed by atoms with van der Waals surface area (Å²) < 4.78 is 0. The van der Waals surface area contributed by atoms with Gasteiger partial charge in [0.25, 0.3) is 0 Å². The predicted octanol–water partition coefficient (Wildman–Crippen LogP) is 0.907. The first kappa shape index (κ1) is 14.0. The molecule has 0 atom stereocenters. The molecule has 19 heavy (non-hydrogen) atoms. The lowest BCUT2D eigenvalue weighted by molar-refractivity contribution is -0.121. The summed E-state index contributed by atoms with van der Waals surface area (Å²) in [5.74, 6) is 0.138. The van der Waals surface area contributed by atoms with E-state index in [1.54, 1.807) is 0 Å². The molecule has 4 nitrogen and oxygen atoms in total. The molecule has 0 unspecified atom stereocenters. The zero-order valence-corrected chi connectivity index (χ0v) is 11.6. The molecule has 1 aromatic carbocycles. The molecule has 0 aliphatic carbocycles. The van der Waals surface area contributed by atoms with Gasteiger partial charge in [0, 0.05) is 45.7 Å². The Morgan fingerprint density at radius 3 is 2.63 bits per heavy atom. The van der Waals surface area contributed by atoms with E-state index < -0.39 is 0 Å². The van der Waals surface area contributed by atoms with Crippen molar-refractivity contribution in [1.29, 1.82) is 0 Å². The van der Waals surface area contributed by atoms with Gasteiger partial charge < -0.3 is 15.5 Å². The number of hydrogen-bond donors (Lipinski definition) is 2. The van der Waals surface area contributed by atoms with E-state index in [1.165, 1.54) is 5.56 Å². The summed E-state index contributed by atoms with van der Waals surface area (Å²) in [6.07, 6.45) is 0.589. The Balaban J connectivity index is 1.65.